The molecular weight excluding hydrogens is 258 g/mol. The van der Waals surface area contributed by atoms with Crippen LogP contribution in [0, 0.1) is 5.92 Å². The lowest BCUT2D eigenvalue weighted by molar-refractivity contribution is -0.102. The minimum absolute atomic E-state index is 0.105. The van der Waals surface area contributed by atoms with Gasteiger partial charge in [-0.25, -0.2) is 0 Å². The van der Waals surface area contributed by atoms with Crippen molar-refractivity contribution >= 4 is 0 Å². The van der Waals surface area contributed by atoms with Crippen molar-refractivity contribution in [1.29, 1.82) is 0 Å². The van der Waals surface area contributed by atoms with Gasteiger partial charge in [0.05, 0.1) is 5.60 Å². The molecule has 0 aromatic rings. The van der Waals surface area contributed by atoms with Gasteiger partial charge in [-0.2, -0.15) is 0 Å². The summed E-state index contributed by atoms with van der Waals surface area (Å²) >= 11 is 0. The molecule has 1 aliphatic rings. The Kier molecular flexibility index (Phi) is 9.59. The van der Waals surface area contributed by atoms with Crippen LogP contribution in [-0.2, 0) is 4.74 Å². The van der Waals surface area contributed by atoms with E-state index >= 15 is 0 Å². The second-order valence-corrected chi connectivity index (χ2v) is 7.06. The summed E-state index contributed by atoms with van der Waals surface area (Å²) < 4.78 is 6.39. The van der Waals surface area contributed by atoms with Crippen molar-refractivity contribution < 1.29 is 4.74 Å². The fourth-order valence-electron chi connectivity index (χ4n) is 4.02. The summed E-state index contributed by atoms with van der Waals surface area (Å²) in [7, 11) is 0. The summed E-state index contributed by atoms with van der Waals surface area (Å²) in [6.45, 7) is 11.1. The van der Waals surface area contributed by atoms with Crippen molar-refractivity contribution in [3.63, 3.8) is 0 Å². The molecule has 2 nitrogen and oxygen atoms in total. The zero-order valence-electron chi connectivity index (χ0n) is 15.0. The van der Waals surface area contributed by atoms with Crippen LogP contribution in [0.15, 0.2) is 0 Å². The zero-order valence-corrected chi connectivity index (χ0v) is 15.0. The summed E-state index contributed by atoms with van der Waals surface area (Å²) in [6.07, 6.45) is 13.1. The largest absolute Gasteiger partial charge is 0.374 e. The molecule has 1 aliphatic carbocycles. The Morgan fingerprint density at radius 1 is 1.14 bits per heavy atom. The minimum atomic E-state index is 0.105. The van der Waals surface area contributed by atoms with Gasteiger partial charge in [0.2, 0.25) is 0 Å². The predicted octanol–water partition coefficient (Wildman–Crippen LogP) is 5.31. The van der Waals surface area contributed by atoms with Crippen molar-refractivity contribution in [1.82, 2.24) is 5.32 Å². The van der Waals surface area contributed by atoms with Gasteiger partial charge in [0, 0.05) is 12.6 Å². The van der Waals surface area contributed by atoms with Crippen LogP contribution in [-0.4, -0.2) is 24.8 Å². The van der Waals surface area contributed by atoms with Gasteiger partial charge in [0.25, 0.3) is 0 Å². The normalized spacial score (nSPS) is 27.7. The van der Waals surface area contributed by atoms with E-state index in [0.717, 1.165) is 19.1 Å². The first kappa shape index (κ1) is 19.0. The Labute approximate surface area is 133 Å². The molecule has 0 amide bonds. The molecule has 0 aromatic carbocycles. The molecule has 1 saturated carbocycles. The van der Waals surface area contributed by atoms with Gasteiger partial charge in [-0.15, -0.1) is 0 Å². The summed E-state index contributed by atoms with van der Waals surface area (Å²) in [5.74, 6) is 0.812. The Balaban J connectivity index is 2.68. The monoisotopic (exact) mass is 297 g/mol. The molecule has 1 rings (SSSR count). The van der Waals surface area contributed by atoms with Crippen LogP contribution in [0.1, 0.15) is 91.9 Å². The Morgan fingerprint density at radius 2 is 1.95 bits per heavy atom. The van der Waals surface area contributed by atoms with E-state index < -0.39 is 0 Å². The molecule has 0 saturated heterocycles. The minimum Gasteiger partial charge on any atom is -0.374 e. The van der Waals surface area contributed by atoms with E-state index in [2.05, 4.69) is 33.0 Å². The van der Waals surface area contributed by atoms with E-state index in [0.29, 0.717) is 6.04 Å². The average Bonchev–Trinajstić information content (AvgIpc) is 2.46. The Morgan fingerprint density at radius 3 is 2.57 bits per heavy atom. The number of ether oxygens (including phenoxy) is 1. The van der Waals surface area contributed by atoms with E-state index in [9.17, 15) is 0 Å². The van der Waals surface area contributed by atoms with Crippen LogP contribution in [0.5, 0.6) is 0 Å². The zero-order chi connectivity index (χ0) is 15.6. The third kappa shape index (κ3) is 6.28. The van der Waals surface area contributed by atoms with E-state index in [-0.39, 0.29) is 5.60 Å². The highest BCUT2D eigenvalue weighted by atomic mass is 16.5. The molecule has 0 aromatic heterocycles. The van der Waals surface area contributed by atoms with Crippen molar-refractivity contribution in [2.75, 3.05) is 13.2 Å². The van der Waals surface area contributed by atoms with E-state index in [1.165, 1.54) is 64.2 Å². The van der Waals surface area contributed by atoms with Gasteiger partial charge in [-0.1, -0.05) is 59.3 Å². The van der Waals surface area contributed by atoms with Gasteiger partial charge >= 0.3 is 0 Å². The van der Waals surface area contributed by atoms with Crippen molar-refractivity contribution in [2.45, 2.75) is 104 Å². The second-order valence-electron chi connectivity index (χ2n) is 7.06. The van der Waals surface area contributed by atoms with E-state index in [4.69, 9.17) is 4.74 Å². The molecule has 0 radical (unpaired) electrons. The standard InChI is InChI=1S/C19H39NO/c1-5-8-9-10-13-18(20-15-6-2)19(21-7-3)14-11-12-17(4)16-19/h17-18,20H,5-16H2,1-4H3. The van der Waals surface area contributed by atoms with Crippen LogP contribution in [0.3, 0.4) is 0 Å². The SMILES string of the molecule is CCCCCCC(NCCC)C1(OCC)CCCC(C)C1. The molecule has 0 aliphatic heterocycles. The quantitative estimate of drug-likeness (QED) is 0.522. The molecule has 1 fully saturated rings. The summed E-state index contributed by atoms with van der Waals surface area (Å²) in [5.41, 5.74) is 0.105. The number of unbranched alkanes of at least 4 members (excludes halogenated alkanes) is 3. The lowest BCUT2D eigenvalue weighted by Gasteiger charge is -2.46. The second kappa shape index (κ2) is 10.6. The number of nitrogens with one attached hydrogen (secondary N) is 1. The van der Waals surface area contributed by atoms with Crippen LogP contribution in [0.4, 0.5) is 0 Å². The van der Waals surface area contributed by atoms with Crippen LogP contribution >= 0.6 is 0 Å². The highest BCUT2D eigenvalue weighted by molar-refractivity contribution is 4.97. The number of hydrogen-bond donors (Lipinski definition) is 1. The van der Waals surface area contributed by atoms with Gasteiger partial charge in [0.1, 0.15) is 0 Å². The number of rotatable bonds is 11. The third-order valence-corrected chi connectivity index (χ3v) is 5.04. The first-order valence-corrected chi connectivity index (χ1v) is 9.55. The molecule has 3 atom stereocenters. The maximum Gasteiger partial charge on any atom is 0.0837 e. The molecule has 0 heterocycles. The maximum absolute atomic E-state index is 6.39. The molecule has 0 spiro atoms. The lowest BCUT2D eigenvalue weighted by atomic mass is 9.73. The molecule has 21 heavy (non-hydrogen) atoms. The fraction of sp³-hybridized carbons (Fsp3) is 1.00. The average molecular weight is 298 g/mol. The first-order valence-electron chi connectivity index (χ1n) is 9.55. The van der Waals surface area contributed by atoms with Crippen LogP contribution in [0.2, 0.25) is 0 Å². The van der Waals surface area contributed by atoms with Gasteiger partial charge in [0.15, 0.2) is 0 Å². The Bertz CT molecular complexity index is 252. The smallest absolute Gasteiger partial charge is 0.0837 e. The molecular formula is C19H39NO. The lowest BCUT2D eigenvalue weighted by Crippen LogP contribution is -2.55. The summed E-state index contributed by atoms with van der Waals surface area (Å²) in [5, 5.41) is 3.84. The Hall–Kier alpha value is -0.0800. The summed E-state index contributed by atoms with van der Waals surface area (Å²) in [4.78, 5) is 0. The molecule has 1 N–H and O–H groups in total. The van der Waals surface area contributed by atoms with Crippen LogP contribution in [0.25, 0.3) is 0 Å². The third-order valence-electron chi connectivity index (χ3n) is 5.04. The van der Waals surface area contributed by atoms with E-state index in [1.807, 2.05) is 0 Å². The van der Waals surface area contributed by atoms with Gasteiger partial charge in [-0.3, -0.25) is 0 Å². The van der Waals surface area contributed by atoms with Gasteiger partial charge in [-0.05, 0) is 45.1 Å². The number of hydrogen-bond acceptors (Lipinski definition) is 2. The molecule has 126 valence electrons. The maximum atomic E-state index is 6.39. The highest BCUT2D eigenvalue weighted by Gasteiger charge is 2.41. The van der Waals surface area contributed by atoms with Crippen LogP contribution < -0.4 is 5.32 Å². The molecule has 0 bridgehead atoms. The first-order chi connectivity index (χ1) is 10.2. The molecule has 2 heteroatoms. The van der Waals surface area contributed by atoms with Crippen molar-refractivity contribution in [3.8, 4) is 0 Å². The van der Waals surface area contributed by atoms with E-state index in [1.54, 1.807) is 0 Å². The van der Waals surface area contributed by atoms with Gasteiger partial charge < -0.3 is 10.1 Å². The molecule has 3 unspecified atom stereocenters. The summed E-state index contributed by atoms with van der Waals surface area (Å²) in [6, 6.07) is 0.553. The highest BCUT2D eigenvalue weighted by Crippen LogP contribution is 2.39. The van der Waals surface area contributed by atoms with Crippen molar-refractivity contribution in [3.05, 3.63) is 0 Å². The predicted molar refractivity (Wildman–Crippen MR) is 92.8 cm³/mol. The topological polar surface area (TPSA) is 21.3 Å². The fourth-order valence-corrected chi connectivity index (χ4v) is 4.02. The van der Waals surface area contributed by atoms with Crippen molar-refractivity contribution in [2.24, 2.45) is 5.92 Å².